The summed E-state index contributed by atoms with van der Waals surface area (Å²) in [5, 5.41) is 3.60. The predicted molar refractivity (Wildman–Crippen MR) is 89.5 cm³/mol. The van der Waals surface area contributed by atoms with Gasteiger partial charge in [-0.3, -0.25) is 0 Å². The van der Waals surface area contributed by atoms with Crippen molar-refractivity contribution in [2.24, 2.45) is 7.05 Å². The molecule has 4 nitrogen and oxygen atoms in total. The van der Waals surface area contributed by atoms with Crippen LogP contribution in [0.25, 0.3) is 11.0 Å². The molecule has 116 valence electrons. The van der Waals surface area contributed by atoms with Crippen molar-refractivity contribution in [2.45, 2.75) is 33.2 Å². The summed E-state index contributed by atoms with van der Waals surface area (Å²) in [6, 6.07) is 8.57. The van der Waals surface area contributed by atoms with E-state index in [-0.39, 0.29) is 6.04 Å². The Hall–Kier alpha value is -1.39. The highest BCUT2D eigenvalue weighted by atomic mass is 15.1. The lowest BCUT2D eigenvalue weighted by molar-refractivity contribution is 0.283. The molecule has 0 radical (unpaired) electrons. The molecule has 0 bridgehead atoms. The van der Waals surface area contributed by atoms with Gasteiger partial charge in [0.25, 0.3) is 0 Å². The van der Waals surface area contributed by atoms with Crippen molar-refractivity contribution in [2.75, 3.05) is 26.2 Å². The van der Waals surface area contributed by atoms with Gasteiger partial charge in [0, 0.05) is 20.1 Å². The van der Waals surface area contributed by atoms with Gasteiger partial charge in [-0.1, -0.05) is 26.0 Å². The Balaban J connectivity index is 1.96. The minimum absolute atomic E-state index is 0.266. The third-order valence-electron chi connectivity index (χ3n) is 4.07. The molecule has 1 N–H and O–H groups in total. The molecule has 1 aromatic carbocycles. The van der Waals surface area contributed by atoms with Gasteiger partial charge in [-0.05, 0) is 38.6 Å². The second-order valence-electron chi connectivity index (χ2n) is 5.63. The quantitative estimate of drug-likeness (QED) is 0.810. The number of aryl methyl sites for hydroxylation is 1. The number of hydrogen-bond acceptors (Lipinski definition) is 3. The number of hydrogen-bond donors (Lipinski definition) is 1. The largest absolute Gasteiger partial charge is 0.330 e. The Morgan fingerprint density at radius 3 is 2.67 bits per heavy atom. The van der Waals surface area contributed by atoms with Crippen molar-refractivity contribution >= 4 is 11.0 Å². The average molecular weight is 288 g/mol. The van der Waals surface area contributed by atoms with E-state index in [1.54, 1.807) is 0 Å². The molecule has 0 aliphatic heterocycles. The zero-order chi connectivity index (χ0) is 15.2. The van der Waals surface area contributed by atoms with E-state index in [9.17, 15) is 0 Å². The van der Waals surface area contributed by atoms with E-state index in [0.29, 0.717) is 0 Å². The van der Waals surface area contributed by atoms with E-state index >= 15 is 0 Å². The third-order valence-corrected chi connectivity index (χ3v) is 4.07. The molecule has 0 amide bonds. The van der Waals surface area contributed by atoms with E-state index in [1.165, 1.54) is 18.5 Å². The van der Waals surface area contributed by atoms with Crippen molar-refractivity contribution < 1.29 is 0 Å². The van der Waals surface area contributed by atoms with E-state index in [1.807, 2.05) is 6.07 Å². The highest BCUT2D eigenvalue weighted by Crippen LogP contribution is 2.18. The third kappa shape index (κ3) is 3.83. The number of benzene rings is 1. The van der Waals surface area contributed by atoms with Gasteiger partial charge < -0.3 is 14.8 Å². The molecule has 2 rings (SSSR count). The number of para-hydroxylation sites is 2. The molecule has 1 unspecified atom stereocenters. The Kier molecular flexibility index (Phi) is 5.76. The monoisotopic (exact) mass is 288 g/mol. The maximum absolute atomic E-state index is 4.75. The van der Waals surface area contributed by atoms with Gasteiger partial charge in [-0.25, -0.2) is 4.98 Å². The SMILES string of the molecule is CCCN(CC)CCNC(C)c1nc2ccccc2n1C. The normalized spacial score (nSPS) is 13.2. The van der Waals surface area contributed by atoms with Crippen LogP contribution < -0.4 is 5.32 Å². The van der Waals surface area contributed by atoms with E-state index in [4.69, 9.17) is 4.98 Å². The van der Waals surface area contributed by atoms with Crippen LogP contribution in [0.2, 0.25) is 0 Å². The summed E-state index contributed by atoms with van der Waals surface area (Å²) in [6.07, 6.45) is 1.22. The van der Waals surface area contributed by atoms with Crippen LogP contribution in [0.15, 0.2) is 24.3 Å². The summed E-state index contributed by atoms with van der Waals surface area (Å²) in [5.41, 5.74) is 2.27. The second-order valence-corrected chi connectivity index (χ2v) is 5.63. The van der Waals surface area contributed by atoms with Crippen molar-refractivity contribution in [3.8, 4) is 0 Å². The Morgan fingerprint density at radius 1 is 1.24 bits per heavy atom. The smallest absolute Gasteiger partial charge is 0.126 e. The fraction of sp³-hybridized carbons (Fsp3) is 0.588. The van der Waals surface area contributed by atoms with E-state index in [0.717, 1.165) is 31.0 Å². The minimum atomic E-state index is 0.266. The molecular weight excluding hydrogens is 260 g/mol. The average Bonchev–Trinajstić information content (AvgIpc) is 2.84. The Morgan fingerprint density at radius 2 is 2.00 bits per heavy atom. The molecule has 1 heterocycles. The summed E-state index contributed by atoms with van der Waals surface area (Å²) in [5.74, 6) is 1.11. The number of aromatic nitrogens is 2. The van der Waals surface area contributed by atoms with Crippen LogP contribution in [0.3, 0.4) is 0 Å². The lowest BCUT2D eigenvalue weighted by Gasteiger charge is -2.21. The van der Waals surface area contributed by atoms with Crippen molar-refractivity contribution in [3.05, 3.63) is 30.1 Å². The summed E-state index contributed by atoms with van der Waals surface area (Å²) >= 11 is 0. The van der Waals surface area contributed by atoms with Gasteiger partial charge in [-0.2, -0.15) is 0 Å². The summed E-state index contributed by atoms with van der Waals surface area (Å²) in [6.45, 7) is 11.0. The first-order valence-electron chi connectivity index (χ1n) is 8.04. The summed E-state index contributed by atoms with van der Waals surface area (Å²) in [7, 11) is 2.10. The predicted octanol–water partition coefficient (Wildman–Crippen LogP) is 2.96. The number of fused-ring (bicyclic) bond motifs is 1. The van der Waals surface area contributed by atoms with Crippen molar-refractivity contribution in [1.29, 1.82) is 0 Å². The molecule has 0 fully saturated rings. The number of nitrogens with zero attached hydrogens (tertiary/aromatic N) is 3. The molecule has 2 aromatic rings. The minimum Gasteiger partial charge on any atom is -0.330 e. The molecule has 0 saturated heterocycles. The van der Waals surface area contributed by atoms with Gasteiger partial charge in [0.1, 0.15) is 5.82 Å². The molecule has 21 heavy (non-hydrogen) atoms. The molecule has 0 saturated carbocycles. The van der Waals surface area contributed by atoms with Crippen LogP contribution in [0, 0.1) is 0 Å². The Bertz CT molecular complexity index is 561. The van der Waals surface area contributed by atoms with Gasteiger partial charge in [-0.15, -0.1) is 0 Å². The van der Waals surface area contributed by atoms with Gasteiger partial charge in [0.05, 0.1) is 17.1 Å². The molecule has 4 heteroatoms. The maximum atomic E-state index is 4.75. The zero-order valence-corrected chi connectivity index (χ0v) is 13.8. The van der Waals surface area contributed by atoms with Crippen LogP contribution in [0.4, 0.5) is 0 Å². The van der Waals surface area contributed by atoms with Crippen LogP contribution in [0.5, 0.6) is 0 Å². The van der Waals surface area contributed by atoms with Crippen LogP contribution in [0.1, 0.15) is 39.1 Å². The van der Waals surface area contributed by atoms with Gasteiger partial charge in [0.15, 0.2) is 0 Å². The molecule has 1 aromatic heterocycles. The second kappa shape index (κ2) is 7.57. The van der Waals surface area contributed by atoms with Crippen LogP contribution in [-0.2, 0) is 7.05 Å². The number of rotatable bonds is 8. The van der Waals surface area contributed by atoms with E-state index in [2.05, 4.69) is 60.8 Å². The van der Waals surface area contributed by atoms with Crippen molar-refractivity contribution in [3.63, 3.8) is 0 Å². The summed E-state index contributed by atoms with van der Waals surface area (Å²) in [4.78, 5) is 7.23. The first kappa shape index (κ1) is 16.0. The number of likely N-dealkylation sites (N-methyl/N-ethyl adjacent to an activating group) is 1. The fourth-order valence-corrected chi connectivity index (χ4v) is 2.83. The lowest BCUT2D eigenvalue weighted by atomic mass is 10.3. The van der Waals surface area contributed by atoms with Crippen molar-refractivity contribution in [1.82, 2.24) is 19.8 Å². The molecule has 0 aliphatic carbocycles. The first-order chi connectivity index (χ1) is 10.2. The van der Waals surface area contributed by atoms with Gasteiger partial charge in [0.2, 0.25) is 0 Å². The Labute approximate surface area is 128 Å². The molecule has 1 atom stereocenters. The zero-order valence-electron chi connectivity index (χ0n) is 13.8. The fourth-order valence-electron chi connectivity index (χ4n) is 2.83. The number of imidazole rings is 1. The summed E-state index contributed by atoms with van der Waals surface area (Å²) < 4.78 is 2.19. The highest BCUT2D eigenvalue weighted by Gasteiger charge is 2.13. The molecular formula is C17H28N4. The van der Waals surface area contributed by atoms with Gasteiger partial charge >= 0.3 is 0 Å². The lowest BCUT2D eigenvalue weighted by Crippen LogP contribution is -2.34. The van der Waals surface area contributed by atoms with Crippen LogP contribution >= 0.6 is 0 Å². The molecule has 0 spiro atoms. The topological polar surface area (TPSA) is 33.1 Å². The van der Waals surface area contributed by atoms with E-state index < -0.39 is 0 Å². The number of nitrogens with one attached hydrogen (secondary N) is 1. The van der Waals surface area contributed by atoms with Crippen LogP contribution in [-0.4, -0.2) is 40.6 Å². The first-order valence-corrected chi connectivity index (χ1v) is 8.04. The standard InChI is InChI=1S/C17H28N4/c1-5-12-21(6-2)13-11-18-14(3)17-19-15-9-7-8-10-16(15)20(17)4/h7-10,14,18H,5-6,11-13H2,1-4H3. The highest BCUT2D eigenvalue weighted by molar-refractivity contribution is 5.75. The molecule has 0 aliphatic rings. The maximum Gasteiger partial charge on any atom is 0.126 e.